The smallest absolute Gasteiger partial charge is 0.268 e. The average Bonchev–Trinajstić information content (AvgIpc) is 3.54. The van der Waals surface area contributed by atoms with Gasteiger partial charge in [0.2, 0.25) is 5.91 Å². The van der Waals surface area contributed by atoms with E-state index in [9.17, 15) is 14.4 Å². The van der Waals surface area contributed by atoms with Crippen molar-refractivity contribution in [2.24, 2.45) is 5.92 Å². The maximum absolute atomic E-state index is 13.8. The Bertz CT molecular complexity index is 1540. The van der Waals surface area contributed by atoms with Crippen LogP contribution in [0.1, 0.15) is 55.7 Å². The minimum absolute atomic E-state index is 0.0660. The first kappa shape index (κ1) is 30.1. The molecule has 1 saturated carbocycles. The number of amides is 3. The van der Waals surface area contributed by atoms with Crippen molar-refractivity contribution in [2.45, 2.75) is 44.3 Å². The molecule has 3 amide bonds. The second kappa shape index (κ2) is 12.1. The van der Waals surface area contributed by atoms with Crippen molar-refractivity contribution in [1.29, 1.82) is 0 Å². The highest BCUT2D eigenvalue weighted by molar-refractivity contribution is 7.12. The Morgan fingerprint density at radius 2 is 1.88 bits per heavy atom. The van der Waals surface area contributed by atoms with Gasteiger partial charge in [0.25, 0.3) is 11.8 Å². The van der Waals surface area contributed by atoms with Crippen molar-refractivity contribution in [2.75, 3.05) is 41.8 Å². The number of likely N-dealkylation sites (N-methyl/N-ethyl adjacent to an activating group) is 1. The van der Waals surface area contributed by atoms with Gasteiger partial charge in [0.05, 0.1) is 17.0 Å². The van der Waals surface area contributed by atoms with E-state index in [2.05, 4.69) is 34.1 Å². The number of hydrogen-bond acceptors (Lipinski definition) is 7. The normalized spacial score (nSPS) is 20.6. The zero-order valence-corrected chi connectivity index (χ0v) is 26.3. The Morgan fingerprint density at radius 3 is 2.60 bits per heavy atom. The quantitative estimate of drug-likeness (QED) is 0.376. The van der Waals surface area contributed by atoms with Crippen molar-refractivity contribution >= 4 is 57.3 Å². The molecule has 2 aliphatic rings. The minimum Gasteiger partial charge on any atom is -0.378 e. The molecule has 0 saturated heterocycles. The van der Waals surface area contributed by atoms with Crippen LogP contribution in [0.5, 0.6) is 0 Å². The summed E-state index contributed by atoms with van der Waals surface area (Å²) in [6.07, 6.45) is 2.65. The fourth-order valence-electron chi connectivity index (χ4n) is 5.85. The van der Waals surface area contributed by atoms with Crippen LogP contribution in [0.2, 0.25) is 5.02 Å². The van der Waals surface area contributed by atoms with Gasteiger partial charge in [0, 0.05) is 86.5 Å². The molecule has 3 N–H and O–H groups in total. The molecule has 5 rings (SSSR count). The maximum atomic E-state index is 13.8. The second-order valence-corrected chi connectivity index (χ2v) is 13.2. The number of hydrogen-bond donors (Lipinski definition) is 3. The third-order valence-corrected chi connectivity index (χ3v) is 9.48. The van der Waals surface area contributed by atoms with E-state index >= 15 is 0 Å². The highest BCUT2D eigenvalue weighted by Crippen LogP contribution is 2.32. The molecule has 1 fully saturated rings. The Morgan fingerprint density at radius 1 is 1.12 bits per heavy atom. The van der Waals surface area contributed by atoms with Gasteiger partial charge in [-0.25, -0.2) is 4.98 Å². The summed E-state index contributed by atoms with van der Waals surface area (Å²) >= 11 is 7.88. The first-order valence-electron chi connectivity index (χ1n) is 14.1. The molecule has 0 spiro atoms. The summed E-state index contributed by atoms with van der Waals surface area (Å²) in [6, 6.07) is 4.60. The first-order valence-corrected chi connectivity index (χ1v) is 15.3. The summed E-state index contributed by atoms with van der Waals surface area (Å²) in [5.41, 5.74) is 2.91. The number of carbonyl (C=O) groups excluding carboxylic acids is 3. The summed E-state index contributed by atoms with van der Waals surface area (Å²) in [4.78, 5) is 54.5. The summed E-state index contributed by atoms with van der Waals surface area (Å²) in [7, 11) is 8.93. The third kappa shape index (κ3) is 6.04. The summed E-state index contributed by atoms with van der Waals surface area (Å²) in [5, 5.41) is 8.59. The number of benzene rings is 1. The average molecular weight is 612 g/mol. The summed E-state index contributed by atoms with van der Waals surface area (Å²) in [5.74, 6) is -0.801. The second-order valence-electron chi connectivity index (χ2n) is 11.7. The highest BCUT2D eigenvalue weighted by Gasteiger charge is 2.37. The molecule has 12 heteroatoms. The number of nitrogens with one attached hydrogen (secondary N) is 3. The van der Waals surface area contributed by atoms with E-state index < -0.39 is 0 Å². The molecule has 10 nitrogen and oxygen atoms in total. The molecule has 1 aromatic carbocycles. The molecule has 3 aromatic rings. The van der Waals surface area contributed by atoms with Gasteiger partial charge in [-0.3, -0.25) is 14.4 Å². The number of rotatable bonds is 7. The lowest BCUT2D eigenvalue weighted by Gasteiger charge is -2.38. The van der Waals surface area contributed by atoms with Crippen molar-refractivity contribution in [1.82, 2.24) is 35.3 Å². The fourth-order valence-corrected chi connectivity index (χ4v) is 7.14. The Kier molecular flexibility index (Phi) is 8.63. The Balaban J connectivity index is 1.41. The maximum Gasteiger partial charge on any atom is 0.268 e. The van der Waals surface area contributed by atoms with E-state index in [1.807, 2.05) is 0 Å². The number of carbonyl (C=O) groups is 3. The molecule has 0 radical (unpaired) electrons. The molecule has 3 heterocycles. The van der Waals surface area contributed by atoms with Crippen LogP contribution >= 0.6 is 22.9 Å². The summed E-state index contributed by atoms with van der Waals surface area (Å²) in [6.45, 7) is 6.14. The van der Waals surface area contributed by atoms with E-state index in [1.165, 1.54) is 9.78 Å². The number of H-pyrrole nitrogens is 1. The lowest BCUT2D eigenvalue weighted by molar-refractivity contribution is -0.134. The molecule has 3 atom stereocenters. The Labute approximate surface area is 255 Å². The van der Waals surface area contributed by atoms with E-state index in [-0.39, 0.29) is 47.0 Å². The molecule has 0 unspecified atom stereocenters. The molecule has 1 aliphatic carbocycles. The van der Waals surface area contributed by atoms with E-state index in [1.54, 1.807) is 62.6 Å². The predicted octanol–water partition coefficient (Wildman–Crippen LogP) is 3.58. The largest absolute Gasteiger partial charge is 0.378 e. The molecule has 2 aromatic heterocycles. The van der Waals surface area contributed by atoms with Crippen LogP contribution < -0.4 is 10.6 Å². The monoisotopic (exact) mass is 611 g/mol. The minimum atomic E-state index is -0.389. The third-order valence-electron chi connectivity index (χ3n) is 8.10. The lowest BCUT2D eigenvalue weighted by Crippen LogP contribution is -2.54. The van der Waals surface area contributed by atoms with Crippen molar-refractivity contribution in [3.63, 3.8) is 0 Å². The topological polar surface area (TPSA) is 114 Å². The lowest BCUT2D eigenvalue weighted by atomic mass is 9.81. The molecule has 42 heavy (non-hydrogen) atoms. The van der Waals surface area contributed by atoms with Crippen molar-refractivity contribution in [3.05, 3.63) is 56.6 Å². The Hall–Kier alpha value is -3.41. The number of aromatic nitrogens is 2. The van der Waals surface area contributed by atoms with E-state index in [0.717, 1.165) is 30.2 Å². The molecule has 224 valence electrons. The SMILES string of the molecule is C=C(N[C@@H]1C[C@@H](C(=O)N(C)C)CC[C@@H]1NC(=O)c1[nH]c2ccc(Cl)cc2c1C(=O)N(C)C)c1nc2c(s1)CN(C)CC2. The van der Waals surface area contributed by atoms with Crippen LogP contribution in [0.25, 0.3) is 16.6 Å². The van der Waals surface area contributed by atoms with Crippen LogP contribution in [0, 0.1) is 5.92 Å². The number of fused-ring (bicyclic) bond motifs is 2. The van der Waals surface area contributed by atoms with Gasteiger partial charge in [0.1, 0.15) is 10.7 Å². The van der Waals surface area contributed by atoms with Gasteiger partial charge < -0.3 is 30.3 Å². The number of nitrogens with zero attached hydrogens (tertiary/aromatic N) is 4. The van der Waals surface area contributed by atoms with Gasteiger partial charge in [-0.2, -0.15) is 0 Å². The van der Waals surface area contributed by atoms with Gasteiger partial charge in [-0.15, -0.1) is 11.3 Å². The van der Waals surface area contributed by atoms with Gasteiger partial charge in [0.15, 0.2) is 0 Å². The van der Waals surface area contributed by atoms with Gasteiger partial charge in [-0.05, 0) is 44.5 Å². The molecular formula is C30H38ClN7O3S. The standard InChI is InChI=1S/C30H38ClN7O3S/c1-16(28-35-22-11-12-38(6)15-24(22)42-28)32-23-13-17(29(40)36(2)3)7-9-21(23)34-27(39)26-25(30(41)37(4)5)19-14-18(31)8-10-20(19)33-26/h8,10,14,17,21,23,32-33H,1,7,9,11-13,15H2,2-6H3,(H,34,39)/t17-,21-,23+/m0/s1. The first-order chi connectivity index (χ1) is 19.9. The van der Waals surface area contributed by atoms with E-state index in [4.69, 9.17) is 16.6 Å². The highest BCUT2D eigenvalue weighted by atomic mass is 35.5. The van der Waals surface area contributed by atoms with Crippen LogP contribution in [0.15, 0.2) is 24.8 Å². The van der Waals surface area contributed by atoms with Crippen LogP contribution in [0.4, 0.5) is 0 Å². The van der Waals surface area contributed by atoms with Crippen molar-refractivity contribution in [3.8, 4) is 0 Å². The predicted molar refractivity (Wildman–Crippen MR) is 167 cm³/mol. The summed E-state index contributed by atoms with van der Waals surface area (Å²) < 4.78 is 0. The molecular weight excluding hydrogens is 574 g/mol. The van der Waals surface area contributed by atoms with Crippen LogP contribution in [-0.2, 0) is 17.8 Å². The number of halogens is 1. The van der Waals surface area contributed by atoms with Gasteiger partial charge in [-0.1, -0.05) is 18.2 Å². The number of thiazole rings is 1. The molecule has 1 aliphatic heterocycles. The van der Waals surface area contributed by atoms with Crippen LogP contribution in [-0.4, -0.2) is 96.3 Å². The number of aromatic amines is 1. The van der Waals surface area contributed by atoms with E-state index in [0.29, 0.717) is 40.9 Å². The molecule has 0 bridgehead atoms. The zero-order chi connectivity index (χ0) is 30.3. The van der Waals surface area contributed by atoms with Crippen molar-refractivity contribution < 1.29 is 14.4 Å². The zero-order valence-electron chi connectivity index (χ0n) is 24.7. The van der Waals surface area contributed by atoms with Gasteiger partial charge >= 0.3 is 0 Å². The fraction of sp³-hybridized carbons (Fsp3) is 0.467. The van der Waals surface area contributed by atoms with Crippen LogP contribution in [0.3, 0.4) is 0 Å².